The van der Waals surface area contributed by atoms with Crippen molar-refractivity contribution in [2.75, 3.05) is 13.1 Å². The Hall–Kier alpha value is -0.770. The van der Waals surface area contributed by atoms with Gasteiger partial charge in [-0.1, -0.05) is 13.3 Å². The zero-order valence-corrected chi connectivity index (χ0v) is 10.8. The molecule has 0 radical (unpaired) electrons. The molecule has 1 rings (SSSR count). The Morgan fingerprint density at radius 3 is 2.62 bits per heavy atom. The van der Waals surface area contributed by atoms with Gasteiger partial charge in [-0.2, -0.15) is 0 Å². The molecule has 0 aromatic heterocycles. The summed E-state index contributed by atoms with van der Waals surface area (Å²) >= 11 is 0. The van der Waals surface area contributed by atoms with E-state index in [0.717, 1.165) is 19.4 Å². The van der Waals surface area contributed by atoms with Crippen molar-refractivity contribution < 1.29 is 9.53 Å². The largest absolute Gasteiger partial charge is 0.444 e. The van der Waals surface area contributed by atoms with Crippen molar-refractivity contribution in [3.63, 3.8) is 0 Å². The smallest absolute Gasteiger partial charge is 0.410 e. The molecule has 2 atom stereocenters. The molecule has 2 N–H and O–H groups in total. The molecule has 1 heterocycles. The minimum atomic E-state index is -0.418. The molecule has 1 saturated heterocycles. The molecule has 0 bridgehead atoms. The molecule has 1 fully saturated rings. The van der Waals surface area contributed by atoms with E-state index in [1.54, 1.807) is 4.90 Å². The second-order valence-corrected chi connectivity index (χ2v) is 5.55. The summed E-state index contributed by atoms with van der Waals surface area (Å²) in [5.41, 5.74) is 5.58. The predicted molar refractivity (Wildman–Crippen MR) is 64.2 cm³/mol. The molecule has 1 amide bonds. The van der Waals surface area contributed by atoms with E-state index >= 15 is 0 Å². The number of rotatable bonds is 1. The molecule has 1 aliphatic rings. The summed E-state index contributed by atoms with van der Waals surface area (Å²) in [6, 6.07) is 0.226. The Morgan fingerprint density at radius 2 is 2.12 bits per heavy atom. The van der Waals surface area contributed by atoms with E-state index < -0.39 is 5.60 Å². The summed E-state index contributed by atoms with van der Waals surface area (Å²) < 4.78 is 5.35. The number of nitrogens with two attached hydrogens (primary N) is 1. The molecule has 1 aliphatic heterocycles. The highest BCUT2D eigenvalue weighted by molar-refractivity contribution is 5.68. The normalized spacial score (nSPS) is 26.7. The maximum atomic E-state index is 11.8. The Morgan fingerprint density at radius 1 is 1.50 bits per heavy atom. The topological polar surface area (TPSA) is 55.6 Å². The van der Waals surface area contributed by atoms with Gasteiger partial charge in [-0.25, -0.2) is 4.79 Å². The number of hydrogen-bond acceptors (Lipinski definition) is 3. The fraction of sp³-hybridized carbons (Fsp3) is 0.917. The Bertz CT molecular complexity index is 248. The molecule has 4 heteroatoms. The molecule has 0 unspecified atom stereocenters. The van der Waals surface area contributed by atoms with Crippen molar-refractivity contribution in [1.29, 1.82) is 0 Å². The molecule has 0 aromatic rings. The van der Waals surface area contributed by atoms with Crippen LogP contribution >= 0.6 is 0 Å². The summed E-state index contributed by atoms with van der Waals surface area (Å²) in [6.45, 7) is 9.22. The second-order valence-electron chi connectivity index (χ2n) is 5.55. The number of hydrogen-bond donors (Lipinski definition) is 1. The number of carbonyl (C=O) groups excluding carboxylic acids is 1. The van der Waals surface area contributed by atoms with Gasteiger partial charge in [0, 0.05) is 19.1 Å². The van der Waals surface area contributed by atoms with Gasteiger partial charge in [-0.05, 0) is 33.1 Å². The molecule has 0 aromatic carbocycles. The Balaban J connectivity index is 2.52. The first kappa shape index (κ1) is 13.3. The monoisotopic (exact) mass is 228 g/mol. The van der Waals surface area contributed by atoms with Crippen LogP contribution in [0.1, 0.15) is 40.5 Å². The van der Waals surface area contributed by atoms with E-state index in [0.29, 0.717) is 12.5 Å². The van der Waals surface area contributed by atoms with Crippen molar-refractivity contribution in [3.05, 3.63) is 0 Å². The first-order chi connectivity index (χ1) is 7.33. The van der Waals surface area contributed by atoms with Crippen LogP contribution < -0.4 is 5.73 Å². The van der Waals surface area contributed by atoms with Crippen molar-refractivity contribution in [2.45, 2.75) is 52.2 Å². The molecule has 4 nitrogen and oxygen atoms in total. The fourth-order valence-corrected chi connectivity index (χ4v) is 1.97. The fourth-order valence-electron chi connectivity index (χ4n) is 1.97. The number of likely N-dealkylation sites (tertiary alicyclic amines) is 1. The summed E-state index contributed by atoms with van der Waals surface area (Å²) in [7, 11) is 0. The van der Waals surface area contributed by atoms with Crippen LogP contribution in [0.15, 0.2) is 0 Å². The van der Waals surface area contributed by atoms with Crippen molar-refractivity contribution in [3.8, 4) is 0 Å². The van der Waals surface area contributed by atoms with E-state index in [9.17, 15) is 4.79 Å². The highest BCUT2D eigenvalue weighted by Crippen LogP contribution is 2.20. The summed E-state index contributed by atoms with van der Waals surface area (Å²) in [5.74, 6) is 0.404. The minimum absolute atomic E-state index is 0.210. The van der Waals surface area contributed by atoms with Crippen molar-refractivity contribution >= 4 is 6.09 Å². The van der Waals surface area contributed by atoms with Gasteiger partial charge in [0.2, 0.25) is 0 Å². The minimum Gasteiger partial charge on any atom is -0.444 e. The molecule has 94 valence electrons. The van der Waals surface area contributed by atoms with Crippen LogP contribution in [0, 0.1) is 5.92 Å². The number of nitrogens with zero attached hydrogens (tertiary/aromatic N) is 1. The van der Waals surface area contributed by atoms with E-state index in [-0.39, 0.29) is 12.1 Å². The summed E-state index contributed by atoms with van der Waals surface area (Å²) in [4.78, 5) is 13.6. The predicted octanol–water partition coefficient (Wildman–Crippen LogP) is 1.98. The molecule has 0 saturated carbocycles. The average Bonchev–Trinajstić information content (AvgIpc) is 2.15. The highest BCUT2D eigenvalue weighted by atomic mass is 16.6. The second kappa shape index (κ2) is 5.04. The van der Waals surface area contributed by atoms with Crippen LogP contribution in [-0.2, 0) is 4.74 Å². The van der Waals surface area contributed by atoms with E-state index in [2.05, 4.69) is 6.92 Å². The lowest BCUT2D eigenvalue weighted by Crippen LogP contribution is -2.50. The van der Waals surface area contributed by atoms with Crippen LogP contribution in [0.5, 0.6) is 0 Å². The molecule has 16 heavy (non-hydrogen) atoms. The zero-order chi connectivity index (χ0) is 12.3. The third-order valence-electron chi connectivity index (χ3n) is 2.97. The Kier molecular flexibility index (Phi) is 4.19. The van der Waals surface area contributed by atoms with Crippen LogP contribution in [-0.4, -0.2) is 35.7 Å². The van der Waals surface area contributed by atoms with Crippen molar-refractivity contribution in [1.82, 2.24) is 4.90 Å². The van der Waals surface area contributed by atoms with Gasteiger partial charge < -0.3 is 15.4 Å². The number of piperidine rings is 1. The third-order valence-corrected chi connectivity index (χ3v) is 2.97. The molecule has 0 aliphatic carbocycles. The maximum Gasteiger partial charge on any atom is 0.410 e. The molecular formula is C12H24N2O2. The van der Waals surface area contributed by atoms with Gasteiger partial charge >= 0.3 is 6.09 Å². The van der Waals surface area contributed by atoms with Crippen LogP contribution in [0.3, 0.4) is 0 Å². The van der Waals surface area contributed by atoms with Gasteiger partial charge in [0.15, 0.2) is 0 Å². The van der Waals surface area contributed by atoms with Gasteiger partial charge in [-0.3, -0.25) is 0 Å². The van der Waals surface area contributed by atoms with E-state index in [4.69, 9.17) is 10.5 Å². The van der Waals surface area contributed by atoms with Crippen LogP contribution in [0.2, 0.25) is 0 Å². The Labute approximate surface area is 98.1 Å². The number of ether oxygens (including phenoxy) is 1. The lowest BCUT2D eigenvalue weighted by Gasteiger charge is -2.37. The van der Waals surface area contributed by atoms with E-state index in [1.165, 1.54) is 0 Å². The highest BCUT2D eigenvalue weighted by Gasteiger charge is 2.30. The zero-order valence-electron chi connectivity index (χ0n) is 10.8. The van der Waals surface area contributed by atoms with Gasteiger partial charge in [0.1, 0.15) is 5.60 Å². The van der Waals surface area contributed by atoms with E-state index in [1.807, 2.05) is 20.8 Å². The summed E-state index contributed by atoms with van der Waals surface area (Å²) in [6.07, 6.45) is 1.68. The molecular weight excluding hydrogens is 204 g/mol. The van der Waals surface area contributed by atoms with Crippen molar-refractivity contribution in [2.24, 2.45) is 11.7 Å². The SMILES string of the molecule is CC[C@@H]1CN(C(=O)OC(C)(C)C)CC[C@H]1N. The standard InChI is InChI=1S/C12H24N2O2/c1-5-9-8-14(7-6-10(9)13)11(15)16-12(2,3)4/h9-10H,5-8,13H2,1-4H3/t9-,10-/m1/s1. The quantitative estimate of drug-likeness (QED) is 0.746. The maximum absolute atomic E-state index is 11.8. The first-order valence-electron chi connectivity index (χ1n) is 6.07. The van der Waals surface area contributed by atoms with Gasteiger partial charge in [-0.15, -0.1) is 0 Å². The lowest BCUT2D eigenvalue weighted by molar-refractivity contribution is 0.0146. The van der Waals surface area contributed by atoms with Crippen LogP contribution in [0.4, 0.5) is 4.79 Å². The molecule has 0 spiro atoms. The van der Waals surface area contributed by atoms with Gasteiger partial charge in [0.05, 0.1) is 0 Å². The summed E-state index contributed by atoms with van der Waals surface area (Å²) in [5, 5.41) is 0. The number of amides is 1. The lowest BCUT2D eigenvalue weighted by atomic mass is 9.91. The third kappa shape index (κ3) is 3.67. The van der Waals surface area contributed by atoms with Gasteiger partial charge in [0.25, 0.3) is 0 Å². The number of carbonyl (C=O) groups is 1. The first-order valence-corrected chi connectivity index (χ1v) is 6.07. The average molecular weight is 228 g/mol. The van der Waals surface area contributed by atoms with Crippen LogP contribution in [0.25, 0.3) is 0 Å².